The Morgan fingerprint density at radius 1 is 1.06 bits per heavy atom. The molecule has 1 atom stereocenters. The maximum absolute atomic E-state index is 6.02. The van der Waals surface area contributed by atoms with Gasteiger partial charge >= 0.3 is 0 Å². The van der Waals surface area contributed by atoms with Gasteiger partial charge in [0, 0.05) is 4.47 Å². The van der Waals surface area contributed by atoms with Gasteiger partial charge in [0.15, 0.2) is 0 Å². The average molecular weight is 307 g/mol. The summed E-state index contributed by atoms with van der Waals surface area (Å²) in [6.07, 6.45) is 1.41. The first-order chi connectivity index (χ1) is 8.63. The molecule has 0 saturated carbocycles. The summed E-state index contributed by atoms with van der Waals surface area (Å²) < 4.78 is 7.16. The lowest BCUT2D eigenvalue weighted by atomic mass is 9.99. The molecular weight excluding hydrogens is 288 g/mol. The van der Waals surface area contributed by atoms with E-state index >= 15 is 0 Å². The van der Waals surface area contributed by atoms with Gasteiger partial charge in [0.25, 0.3) is 0 Å². The smallest absolute Gasteiger partial charge is 0.0831 e. The minimum absolute atomic E-state index is 0.169. The number of fused-ring (bicyclic) bond motifs is 1. The van der Waals surface area contributed by atoms with Crippen molar-refractivity contribution in [2.75, 3.05) is 0 Å². The molecule has 2 aromatic carbocycles. The molecule has 0 heterocycles. The number of hydrogen-bond donors (Lipinski definition) is 0. The van der Waals surface area contributed by atoms with Crippen molar-refractivity contribution in [3.05, 3.63) is 46.4 Å². The minimum Gasteiger partial charge on any atom is -0.371 e. The van der Waals surface area contributed by atoms with Crippen molar-refractivity contribution in [1.82, 2.24) is 0 Å². The Balaban J connectivity index is 2.53. The van der Waals surface area contributed by atoms with Crippen molar-refractivity contribution in [2.45, 2.75) is 39.4 Å². The van der Waals surface area contributed by atoms with Crippen molar-refractivity contribution in [3.8, 4) is 0 Å². The second-order valence-electron chi connectivity index (χ2n) is 4.76. The highest BCUT2D eigenvalue weighted by Gasteiger charge is 2.15. The first-order valence-corrected chi connectivity index (χ1v) is 7.25. The molecule has 2 heteroatoms. The normalized spacial score (nSPS) is 13.2. The van der Waals surface area contributed by atoms with E-state index in [-0.39, 0.29) is 12.2 Å². The SMILES string of the molecule is CCC(OC(C)C)c1ccc(Br)c2ccccc12. The van der Waals surface area contributed by atoms with E-state index in [0.717, 1.165) is 10.9 Å². The summed E-state index contributed by atoms with van der Waals surface area (Å²) in [6, 6.07) is 12.8. The van der Waals surface area contributed by atoms with Crippen LogP contribution in [0.5, 0.6) is 0 Å². The molecule has 0 radical (unpaired) electrons. The summed E-state index contributed by atoms with van der Waals surface area (Å²) in [5.74, 6) is 0. The number of benzene rings is 2. The van der Waals surface area contributed by atoms with Gasteiger partial charge in [-0.2, -0.15) is 0 Å². The Hall–Kier alpha value is -0.860. The molecule has 2 rings (SSSR count). The summed E-state index contributed by atoms with van der Waals surface area (Å²) in [4.78, 5) is 0. The van der Waals surface area contributed by atoms with Crippen molar-refractivity contribution < 1.29 is 4.74 Å². The van der Waals surface area contributed by atoms with Crippen LogP contribution in [0.15, 0.2) is 40.9 Å². The molecule has 0 amide bonds. The Morgan fingerprint density at radius 3 is 2.33 bits per heavy atom. The second-order valence-corrected chi connectivity index (χ2v) is 5.62. The molecule has 96 valence electrons. The van der Waals surface area contributed by atoms with E-state index < -0.39 is 0 Å². The molecule has 0 N–H and O–H groups in total. The summed E-state index contributed by atoms with van der Waals surface area (Å²) in [5.41, 5.74) is 1.28. The molecule has 18 heavy (non-hydrogen) atoms. The highest BCUT2D eigenvalue weighted by molar-refractivity contribution is 9.10. The minimum atomic E-state index is 0.169. The Bertz CT molecular complexity index is 534. The summed E-state index contributed by atoms with van der Waals surface area (Å²) >= 11 is 3.61. The van der Waals surface area contributed by atoms with Gasteiger partial charge in [0.05, 0.1) is 12.2 Å². The molecule has 0 aliphatic heterocycles. The van der Waals surface area contributed by atoms with Crippen LogP contribution in [0, 0.1) is 0 Å². The van der Waals surface area contributed by atoms with Crippen molar-refractivity contribution in [1.29, 1.82) is 0 Å². The molecule has 0 aliphatic carbocycles. The van der Waals surface area contributed by atoms with Crippen molar-refractivity contribution >= 4 is 26.7 Å². The highest BCUT2D eigenvalue weighted by atomic mass is 79.9. The van der Waals surface area contributed by atoms with Gasteiger partial charge in [-0.25, -0.2) is 0 Å². The predicted molar refractivity (Wildman–Crippen MR) is 80.9 cm³/mol. The zero-order valence-electron chi connectivity index (χ0n) is 11.1. The third kappa shape index (κ3) is 2.76. The van der Waals surface area contributed by atoms with E-state index in [1.54, 1.807) is 0 Å². The van der Waals surface area contributed by atoms with Crippen LogP contribution in [-0.2, 0) is 4.74 Å². The van der Waals surface area contributed by atoms with E-state index in [9.17, 15) is 0 Å². The summed E-state index contributed by atoms with van der Waals surface area (Å²) in [7, 11) is 0. The third-order valence-corrected chi connectivity index (χ3v) is 3.75. The van der Waals surface area contributed by atoms with Crippen LogP contribution < -0.4 is 0 Å². The molecule has 2 aromatic rings. The average Bonchev–Trinajstić information content (AvgIpc) is 2.37. The fraction of sp³-hybridized carbons (Fsp3) is 0.375. The molecule has 0 aromatic heterocycles. The van der Waals surface area contributed by atoms with Gasteiger partial charge in [-0.3, -0.25) is 0 Å². The van der Waals surface area contributed by atoms with Crippen LogP contribution >= 0.6 is 15.9 Å². The highest BCUT2D eigenvalue weighted by Crippen LogP contribution is 2.33. The summed E-state index contributed by atoms with van der Waals surface area (Å²) in [6.45, 7) is 6.34. The number of ether oxygens (including phenoxy) is 1. The molecular formula is C16H19BrO. The number of rotatable bonds is 4. The lowest BCUT2D eigenvalue weighted by Gasteiger charge is -2.21. The Morgan fingerprint density at radius 2 is 1.72 bits per heavy atom. The van der Waals surface area contributed by atoms with Gasteiger partial charge in [-0.15, -0.1) is 0 Å². The maximum Gasteiger partial charge on any atom is 0.0831 e. The van der Waals surface area contributed by atoms with Gasteiger partial charge in [-0.05, 0) is 42.7 Å². The lowest BCUT2D eigenvalue weighted by Crippen LogP contribution is -2.10. The molecule has 0 saturated heterocycles. The first-order valence-electron chi connectivity index (χ1n) is 6.46. The fourth-order valence-corrected chi connectivity index (χ4v) is 2.76. The molecule has 1 nitrogen and oxygen atoms in total. The first kappa shape index (κ1) is 13.6. The fourth-order valence-electron chi connectivity index (χ4n) is 2.28. The van der Waals surface area contributed by atoms with Crippen LogP contribution in [0.3, 0.4) is 0 Å². The largest absolute Gasteiger partial charge is 0.371 e. The quantitative estimate of drug-likeness (QED) is 0.727. The van der Waals surface area contributed by atoms with Gasteiger partial charge in [0.2, 0.25) is 0 Å². The van der Waals surface area contributed by atoms with Crippen LogP contribution in [0.25, 0.3) is 10.8 Å². The standard InChI is InChI=1S/C16H19BrO/c1-4-16(18-11(2)3)14-9-10-15(17)13-8-6-5-7-12(13)14/h5-11,16H,4H2,1-3H3. The van der Waals surface area contributed by atoms with Crippen LogP contribution in [0.1, 0.15) is 38.9 Å². The number of hydrogen-bond acceptors (Lipinski definition) is 1. The van der Waals surface area contributed by atoms with Gasteiger partial charge < -0.3 is 4.74 Å². The lowest BCUT2D eigenvalue weighted by molar-refractivity contribution is 0.00531. The molecule has 0 spiro atoms. The molecule has 0 aliphatic rings. The zero-order chi connectivity index (χ0) is 13.1. The predicted octanol–water partition coefficient (Wildman–Crippen LogP) is 5.48. The van der Waals surface area contributed by atoms with E-state index in [0.29, 0.717) is 0 Å². The Labute approximate surface area is 117 Å². The molecule has 0 bridgehead atoms. The van der Waals surface area contributed by atoms with Crippen LogP contribution in [0.2, 0.25) is 0 Å². The second kappa shape index (κ2) is 5.85. The topological polar surface area (TPSA) is 9.23 Å². The van der Waals surface area contributed by atoms with E-state index in [1.165, 1.54) is 16.3 Å². The van der Waals surface area contributed by atoms with Crippen molar-refractivity contribution in [2.24, 2.45) is 0 Å². The maximum atomic E-state index is 6.02. The van der Waals surface area contributed by atoms with E-state index in [4.69, 9.17) is 4.74 Å². The molecule has 1 unspecified atom stereocenters. The monoisotopic (exact) mass is 306 g/mol. The van der Waals surface area contributed by atoms with Crippen LogP contribution in [0.4, 0.5) is 0 Å². The van der Waals surface area contributed by atoms with E-state index in [2.05, 4.69) is 73.1 Å². The van der Waals surface area contributed by atoms with Gasteiger partial charge in [-0.1, -0.05) is 53.2 Å². The Kier molecular flexibility index (Phi) is 4.41. The van der Waals surface area contributed by atoms with Gasteiger partial charge in [0.1, 0.15) is 0 Å². The number of halogens is 1. The summed E-state index contributed by atoms with van der Waals surface area (Å²) in [5, 5.41) is 2.53. The third-order valence-electron chi connectivity index (χ3n) is 3.06. The van der Waals surface area contributed by atoms with Crippen LogP contribution in [-0.4, -0.2) is 6.10 Å². The zero-order valence-corrected chi connectivity index (χ0v) is 12.7. The molecule has 0 fully saturated rings. The van der Waals surface area contributed by atoms with E-state index in [1.807, 2.05) is 0 Å². The van der Waals surface area contributed by atoms with Crippen molar-refractivity contribution in [3.63, 3.8) is 0 Å².